The third kappa shape index (κ3) is 4.41. The topological polar surface area (TPSA) is 96.0 Å². The molecule has 0 amide bonds. The average molecular weight is 518 g/mol. The smallest absolute Gasteiger partial charge is 0.460 e. The molecule has 33 heavy (non-hydrogen) atoms. The maximum absolute atomic E-state index is 13.8. The van der Waals surface area contributed by atoms with Gasteiger partial charge >= 0.3 is 39.4 Å². The number of halogens is 9. The lowest BCUT2D eigenvalue weighted by Crippen LogP contribution is -2.63. The standard InChI is InChI=1S/C16H11F9O7S/c1-2-30-12(27)11-6-9(26)8-4-3-7(5-10(8)31-11)32-33(28,29)16(24,25)14(19,20)13(17,18)15(21,22)23/h3-5,11H,2,6H2,1H3/t11-/m0/s1. The first-order valence-corrected chi connectivity index (χ1v) is 9.85. The van der Waals surface area contributed by atoms with Crippen LogP contribution in [0.25, 0.3) is 0 Å². The van der Waals surface area contributed by atoms with Crippen LogP contribution in [0.4, 0.5) is 39.5 Å². The van der Waals surface area contributed by atoms with E-state index in [1.165, 1.54) is 6.92 Å². The molecule has 0 N–H and O–H groups in total. The zero-order valence-electron chi connectivity index (χ0n) is 15.9. The van der Waals surface area contributed by atoms with Crippen LogP contribution in [0.15, 0.2) is 18.2 Å². The fourth-order valence-corrected chi connectivity index (χ4v) is 3.32. The molecule has 1 heterocycles. The average Bonchev–Trinajstić information content (AvgIpc) is 2.66. The second-order valence-electron chi connectivity index (χ2n) is 6.34. The van der Waals surface area contributed by atoms with E-state index >= 15 is 0 Å². The van der Waals surface area contributed by atoms with Crippen LogP contribution in [0.2, 0.25) is 0 Å². The molecule has 0 spiro atoms. The fraction of sp³-hybridized carbons (Fsp3) is 0.500. The first-order valence-electron chi connectivity index (χ1n) is 8.45. The van der Waals surface area contributed by atoms with E-state index in [4.69, 9.17) is 4.74 Å². The van der Waals surface area contributed by atoms with Gasteiger partial charge in [0.05, 0.1) is 18.6 Å². The van der Waals surface area contributed by atoms with E-state index in [0.29, 0.717) is 18.2 Å². The van der Waals surface area contributed by atoms with E-state index in [-0.39, 0.29) is 12.2 Å². The van der Waals surface area contributed by atoms with Crippen LogP contribution in [-0.2, 0) is 19.6 Å². The number of rotatable bonds is 7. The molecule has 0 bridgehead atoms. The van der Waals surface area contributed by atoms with Gasteiger partial charge in [0.25, 0.3) is 0 Å². The maximum Gasteiger partial charge on any atom is 0.460 e. The maximum atomic E-state index is 13.8. The highest BCUT2D eigenvalue weighted by Gasteiger charge is 2.86. The van der Waals surface area contributed by atoms with Gasteiger partial charge in [-0.1, -0.05) is 0 Å². The minimum absolute atomic E-state index is 0.132. The zero-order chi connectivity index (χ0) is 25.6. The van der Waals surface area contributed by atoms with Gasteiger partial charge < -0.3 is 13.7 Å². The Morgan fingerprint density at radius 3 is 2.15 bits per heavy atom. The summed E-state index contributed by atoms with van der Waals surface area (Å²) in [5.41, 5.74) is -0.332. The molecule has 0 aromatic heterocycles. The number of ether oxygens (including phenoxy) is 2. The van der Waals surface area contributed by atoms with Crippen molar-refractivity contribution < 1.29 is 71.2 Å². The monoisotopic (exact) mass is 518 g/mol. The number of carbonyl (C=O) groups excluding carboxylic acids is 2. The summed E-state index contributed by atoms with van der Waals surface area (Å²) in [7, 11) is -7.19. The van der Waals surface area contributed by atoms with Gasteiger partial charge in [-0.2, -0.15) is 47.9 Å². The largest absolute Gasteiger partial charge is 0.477 e. The van der Waals surface area contributed by atoms with Crippen molar-refractivity contribution in [2.45, 2.75) is 42.7 Å². The predicted octanol–water partition coefficient (Wildman–Crippen LogP) is 3.72. The van der Waals surface area contributed by atoms with Crippen molar-refractivity contribution in [3.05, 3.63) is 23.8 Å². The first-order chi connectivity index (χ1) is 14.8. The molecule has 0 unspecified atom stereocenters. The van der Waals surface area contributed by atoms with Crippen molar-refractivity contribution >= 4 is 21.9 Å². The van der Waals surface area contributed by atoms with Crippen molar-refractivity contribution in [2.24, 2.45) is 0 Å². The molecular formula is C16H11F9O7S. The summed E-state index contributed by atoms with van der Waals surface area (Å²) in [6.07, 6.45) is -9.34. The van der Waals surface area contributed by atoms with E-state index in [1.807, 2.05) is 0 Å². The van der Waals surface area contributed by atoms with Gasteiger partial charge in [0.1, 0.15) is 11.5 Å². The van der Waals surface area contributed by atoms with Gasteiger partial charge in [-0.25, -0.2) is 4.79 Å². The second-order valence-corrected chi connectivity index (χ2v) is 7.93. The summed E-state index contributed by atoms with van der Waals surface area (Å²) in [5.74, 6) is -18.7. The molecular weight excluding hydrogens is 507 g/mol. The van der Waals surface area contributed by atoms with Crippen LogP contribution in [0.5, 0.6) is 11.5 Å². The molecule has 17 heteroatoms. The summed E-state index contributed by atoms with van der Waals surface area (Å²) in [4.78, 5) is 23.8. The predicted molar refractivity (Wildman–Crippen MR) is 86.9 cm³/mol. The van der Waals surface area contributed by atoms with Crippen LogP contribution >= 0.6 is 0 Å². The molecule has 0 saturated carbocycles. The van der Waals surface area contributed by atoms with Crippen LogP contribution in [0, 0.1) is 0 Å². The Bertz CT molecular complexity index is 1050. The van der Waals surface area contributed by atoms with E-state index in [2.05, 4.69) is 8.92 Å². The number of esters is 1. The summed E-state index contributed by atoms with van der Waals surface area (Å²) in [6.45, 7) is 1.28. The third-order valence-corrected chi connectivity index (χ3v) is 5.37. The third-order valence-electron chi connectivity index (χ3n) is 4.08. The highest BCUT2D eigenvalue weighted by atomic mass is 32.2. The summed E-state index contributed by atoms with van der Waals surface area (Å²) in [6, 6.07) is 1.50. The highest BCUT2D eigenvalue weighted by Crippen LogP contribution is 2.55. The summed E-state index contributed by atoms with van der Waals surface area (Å²) >= 11 is 0. The van der Waals surface area contributed by atoms with E-state index in [9.17, 15) is 57.5 Å². The quantitative estimate of drug-likeness (QED) is 0.309. The van der Waals surface area contributed by atoms with E-state index in [1.54, 1.807) is 0 Å². The molecule has 1 aliphatic heterocycles. The van der Waals surface area contributed by atoms with Crippen molar-refractivity contribution in [3.63, 3.8) is 0 Å². The summed E-state index contributed by atoms with van der Waals surface area (Å²) in [5, 5.41) is -7.07. The minimum Gasteiger partial charge on any atom is -0.477 e. The number of alkyl halides is 9. The van der Waals surface area contributed by atoms with Crippen LogP contribution in [0.3, 0.4) is 0 Å². The number of benzene rings is 1. The highest BCUT2D eigenvalue weighted by molar-refractivity contribution is 7.88. The Balaban J connectivity index is 2.40. The Labute approximate surface area is 178 Å². The van der Waals surface area contributed by atoms with Gasteiger partial charge in [0.15, 0.2) is 5.78 Å². The SMILES string of the molecule is CCOC(=O)[C@@H]1CC(=O)c2ccc(OS(=O)(=O)C(F)(F)C(F)(F)C(F)(F)C(F)(F)F)cc2O1. The molecule has 0 radical (unpaired) electrons. The molecule has 186 valence electrons. The van der Waals surface area contributed by atoms with Gasteiger partial charge in [-0.05, 0) is 19.1 Å². The van der Waals surface area contributed by atoms with Crippen LogP contribution in [-0.4, -0.2) is 56.2 Å². The Morgan fingerprint density at radius 1 is 1.06 bits per heavy atom. The Kier molecular flexibility index (Phi) is 6.63. The number of Topliss-reactive ketones (excluding diaryl/α,β-unsaturated/α-hetero) is 1. The molecule has 1 aromatic rings. The molecule has 7 nitrogen and oxygen atoms in total. The van der Waals surface area contributed by atoms with Crippen molar-refractivity contribution in [1.82, 2.24) is 0 Å². The molecule has 1 aliphatic rings. The second kappa shape index (κ2) is 8.25. The normalized spacial score (nSPS) is 17.8. The van der Waals surface area contributed by atoms with Crippen LogP contribution < -0.4 is 8.92 Å². The van der Waals surface area contributed by atoms with Gasteiger partial charge in [-0.3, -0.25) is 4.79 Å². The van der Waals surface area contributed by atoms with E-state index < -0.39 is 69.2 Å². The van der Waals surface area contributed by atoms with E-state index in [0.717, 1.165) is 0 Å². The lowest BCUT2D eigenvalue weighted by molar-refractivity contribution is -0.382. The lowest BCUT2D eigenvalue weighted by Gasteiger charge is -2.32. The fourth-order valence-electron chi connectivity index (χ4n) is 2.42. The first kappa shape index (κ1) is 26.5. The number of carbonyl (C=O) groups is 2. The van der Waals surface area contributed by atoms with Crippen molar-refractivity contribution in [1.29, 1.82) is 0 Å². The Morgan fingerprint density at radius 2 is 1.64 bits per heavy atom. The number of hydrogen-bond donors (Lipinski definition) is 0. The number of fused-ring (bicyclic) bond motifs is 1. The molecule has 0 aliphatic carbocycles. The molecule has 1 aromatic carbocycles. The molecule has 0 fully saturated rings. The van der Waals surface area contributed by atoms with Gasteiger partial charge in [0, 0.05) is 6.07 Å². The molecule has 0 saturated heterocycles. The van der Waals surface area contributed by atoms with Crippen LogP contribution in [0.1, 0.15) is 23.7 Å². The Hall–Kier alpha value is -2.72. The zero-order valence-corrected chi connectivity index (χ0v) is 16.7. The van der Waals surface area contributed by atoms with Gasteiger partial charge in [0.2, 0.25) is 6.10 Å². The number of hydrogen-bond acceptors (Lipinski definition) is 7. The summed E-state index contributed by atoms with van der Waals surface area (Å²) < 4.78 is 153. The lowest BCUT2D eigenvalue weighted by atomic mass is 10.0. The van der Waals surface area contributed by atoms with Crippen molar-refractivity contribution in [3.8, 4) is 11.5 Å². The molecule has 2 rings (SSSR count). The molecule has 1 atom stereocenters. The number of ketones is 1. The van der Waals surface area contributed by atoms with Gasteiger partial charge in [-0.15, -0.1) is 0 Å². The van der Waals surface area contributed by atoms with Crippen molar-refractivity contribution in [2.75, 3.05) is 6.61 Å². The minimum atomic E-state index is -7.48.